The minimum atomic E-state index is -1.53. The normalized spacial score (nSPS) is 21.0. The Morgan fingerprint density at radius 2 is 2.19 bits per heavy atom. The molecule has 1 aliphatic heterocycles. The van der Waals surface area contributed by atoms with E-state index in [1.165, 1.54) is 12.1 Å². The van der Waals surface area contributed by atoms with Crippen LogP contribution >= 0.6 is 0 Å². The van der Waals surface area contributed by atoms with Crippen molar-refractivity contribution >= 4 is 17.6 Å². The topological polar surface area (TPSA) is 119 Å². The molecule has 1 atom stereocenters. The van der Waals surface area contributed by atoms with Gasteiger partial charge in [-0.05, 0) is 12.5 Å². The number of nitro benzene ring substituents is 1. The molecular weight excluding hydrogens is 280 g/mol. The molecule has 1 aromatic carbocycles. The fourth-order valence-corrected chi connectivity index (χ4v) is 2.27. The number of amides is 1. The Balaban J connectivity index is 2.37. The van der Waals surface area contributed by atoms with Crippen molar-refractivity contribution in [3.05, 3.63) is 39.4 Å². The average molecular weight is 294 g/mol. The van der Waals surface area contributed by atoms with E-state index in [1.54, 1.807) is 13.0 Å². The molecule has 8 heteroatoms. The van der Waals surface area contributed by atoms with Gasteiger partial charge in [0.25, 0.3) is 11.6 Å². The Hall–Kier alpha value is -2.48. The van der Waals surface area contributed by atoms with E-state index in [4.69, 9.17) is 4.74 Å². The van der Waals surface area contributed by atoms with Crippen LogP contribution in [0.1, 0.15) is 22.3 Å². The van der Waals surface area contributed by atoms with E-state index in [2.05, 4.69) is 5.32 Å². The van der Waals surface area contributed by atoms with Crippen molar-refractivity contribution < 1.29 is 24.4 Å². The largest absolute Gasteiger partial charge is 0.479 e. The Morgan fingerprint density at radius 1 is 1.48 bits per heavy atom. The fraction of sp³-hybridized carbons (Fsp3) is 0.385. The molecule has 0 saturated carbocycles. The first-order valence-electron chi connectivity index (χ1n) is 6.25. The second kappa shape index (κ2) is 5.49. The predicted molar refractivity (Wildman–Crippen MR) is 71.1 cm³/mol. The van der Waals surface area contributed by atoms with E-state index in [0.717, 1.165) is 0 Å². The van der Waals surface area contributed by atoms with Crippen molar-refractivity contribution in [2.75, 3.05) is 13.2 Å². The fourth-order valence-electron chi connectivity index (χ4n) is 2.27. The van der Waals surface area contributed by atoms with Gasteiger partial charge in [-0.15, -0.1) is 0 Å². The van der Waals surface area contributed by atoms with E-state index < -0.39 is 22.3 Å². The molecule has 0 bridgehead atoms. The summed E-state index contributed by atoms with van der Waals surface area (Å²) >= 11 is 0. The van der Waals surface area contributed by atoms with Gasteiger partial charge >= 0.3 is 5.97 Å². The van der Waals surface area contributed by atoms with Gasteiger partial charge < -0.3 is 15.2 Å². The molecule has 0 aromatic heterocycles. The summed E-state index contributed by atoms with van der Waals surface area (Å²) in [5.74, 6) is -2.00. The molecular formula is C13H14N2O6. The highest BCUT2D eigenvalue weighted by atomic mass is 16.6. The molecule has 0 aliphatic carbocycles. The first-order chi connectivity index (χ1) is 9.87. The Labute approximate surface area is 119 Å². The number of hydrogen-bond acceptors (Lipinski definition) is 5. The Bertz CT molecular complexity index is 607. The molecule has 21 heavy (non-hydrogen) atoms. The lowest BCUT2D eigenvalue weighted by molar-refractivity contribution is -0.385. The lowest BCUT2D eigenvalue weighted by Crippen LogP contribution is -2.55. The van der Waals surface area contributed by atoms with Crippen LogP contribution < -0.4 is 5.32 Å². The zero-order chi connectivity index (χ0) is 15.6. The molecule has 1 heterocycles. The number of carboxylic acids is 1. The summed E-state index contributed by atoms with van der Waals surface area (Å²) in [6.07, 6.45) is 0.119. The highest BCUT2D eigenvalue weighted by molar-refractivity contribution is 6.02. The third-order valence-electron chi connectivity index (χ3n) is 3.46. The maximum Gasteiger partial charge on any atom is 0.331 e. The molecule has 1 aromatic rings. The van der Waals surface area contributed by atoms with Gasteiger partial charge in [0, 0.05) is 19.1 Å². The number of benzene rings is 1. The number of aryl methyl sites for hydroxylation is 1. The van der Waals surface area contributed by atoms with Crippen LogP contribution in [-0.2, 0) is 9.53 Å². The quantitative estimate of drug-likeness (QED) is 0.628. The van der Waals surface area contributed by atoms with Gasteiger partial charge in [0.05, 0.1) is 11.5 Å². The van der Waals surface area contributed by atoms with Crippen molar-refractivity contribution in [1.82, 2.24) is 5.32 Å². The molecule has 1 fully saturated rings. The van der Waals surface area contributed by atoms with Crippen LogP contribution in [0, 0.1) is 17.0 Å². The summed E-state index contributed by atoms with van der Waals surface area (Å²) in [5, 5.41) is 22.7. The van der Waals surface area contributed by atoms with Gasteiger partial charge in [-0.2, -0.15) is 0 Å². The maximum absolute atomic E-state index is 12.3. The number of nitrogens with zero attached hydrogens (tertiary/aromatic N) is 1. The predicted octanol–water partition coefficient (Wildman–Crippen LogP) is 0.877. The number of nitro groups is 1. The van der Waals surface area contributed by atoms with Crippen molar-refractivity contribution in [3.8, 4) is 0 Å². The van der Waals surface area contributed by atoms with Crippen LogP contribution in [0.25, 0.3) is 0 Å². The highest BCUT2D eigenvalue weighted by Crippen LogP contribution is 2.25. The summed E-state index contributed by atoms with van der Waals surface area (Å²) in [5.41, 5.74) is -1.61. The maximum atomic E-state index is 12.3. The number of ether oxygens (including phenoxy) is 1. The Kier molecular flexibility index (Phi) is 3.90. The number of aliphatic carboxylic acids is 1. The minimum absolute atomic E-state index is 0.119. The average Bonchev–Trinajstić information content (AvgIpc) is 2.87. The lowest BCUT2D eigenvalue weighted by atomic mass is 9.97. The van der Waals surface area contributed by atoms with Crippen LogP contribution in [0.5, 0.6) is 0 Å². The summed E-state index contributed by atoms with van der Waals surface area (Å²) in [7, 11) is 0. The van der Waals surface area contributed by atoms with Gasteiger partial charge in [0.15, 0.2) is 5.54 Å². The van der Waals surface area contributed by atoms with E-state index in [0.29, 0.717) is 5.56 Å². The summed E-state index contributed by atoms with van der Waals surface area (Å²) in [4.78, 5) is 34.0. The molecule has 2 N–H and O–H groups in total. The van der Waals surface area contributed by atoms with Crippen LogP contribution in [0.4, 0.5) is 5.69 Å². The first kappa shape index (κ1) is 14.9. The van der Waals surface area contributed by atoms with Gasteiger partial charge in [0.1, 0.15) is 5.56 Å². The number of nitrogens with one attached hydrogen (secondary N) is 1. The zero-order valence-electron chi connectivity index (χ0n) is 11.3. The van der Waals surface area contributed by atoms with E-state index in [-0.39, 0.29) is 30.9 Å². The third kappa shape index (κ3) is 2.70. The standard InChI is InChI=1S/C13H14N2O6/c1-8-3-2-4-9(15(19)20)10(8)11(16)14-13(12(17)18)5-6-21-7-13/h2-4H,5-7H2,1H3,(H,14,16)(H,17,18). The third-order valence-corrected chi connectivity index (χ3v) is 3.46. The summed E-state index contributed by atoms with van der Waals surface area (Å²) < 4.78 is 5.04. The SMILES string of the molecule is Cc1cccc([N+](=O)[O-])c1C(=O)NC1(C(=O)O)CCOC1. The lowest BCUT2D eigenvalue weighted by Gasteiger charge is -2.24. The highest BCUT2D eigenvalue weighted by Gasteiger charge is 2.44. The monoisotopic (exact) mass is 294 g/mol. The molecule has 1 aliphatic rings. The summed E-state index contributed by atoms with van der Waals surface area (Å²) in [6, 6.07) is 4.23. The van der Waals surface area contributed by atoms with Crippen molar-refractivity contribution in [2.24, 2.45) is 0 Å². The minimum Gasteiger partial charge on any atom is -0.479 e. The molecule has 1 saturated heterocycles. The molecule has 0 spiro atoms. The zero-order valence-corrected chi connectivity index (χ0v) is 11.3. The van der Waals surface area contributed by atoms with E-state index in [1.807, 2.05) is 0 Å². The molecule has 1 amide bonds. The smallest absolute Gasteiger partial charge is 0.331 e. The van der Waals surface area contributed by atoms with Gasteiger partial charge in [0.2, 0.25) is 0 Å². The van der Waals surface area contributed by atoms with Gasteiger partial charge in [-0.25, -0.2) is 4.79 Å². The molecule has 0 radical (unpaired) electrons. The van der Waals surface area contributed by atoms with E-state index >= 15 is 0 Å². The van der Waals surface area contributed by atoms with Crippen LogP contribution in [-0.4, -0.2) is 40.7 Å². The van der Waals surface area contributed by atoms with Crippen molar-refractivity contribution in [1.29, 1.82) is 0 Å². The summed E-state index contributed by atoms with van der Waals surface area (Å²) in [6.45, 7) is 1.61. The molecule has 2 rings (SSSR count). The number of rotatable bonds is 4. The van der Waals surface area contributed by atoms with Gasteiger partial charge in [-0.1, -0.05) is 12.1 Å². The van der Waals surface area contributed by atoms with E-state index in [9.17, 15) is 24.8 Å². The Morgan fingerprint density at radius 3 is 2.71 bits per heavy atom. The first-order valence-corrected chi connectivity index (χ1v) is 6.25. The van der Waals surface area contributed by atoms with Crippen LogP contribution in [0.3, 0.4) is 0 Å². The van der Waals surface area contributed by atoms with Crippen LogP contribution in [0.15, 0.2) is 18.2 Å². The number of hydrogen-bond donors (Lipinski definition) is 2. The number of carbonyl (C=O) groups is 2. The van der Waals surface area contributed by atoms with Gasteiger partial charge in [-0.3, -0.25) is 14.9 Å². The molecule has 112 valence electrons. The molecule has 8 nitrogen and oxygen atoms in total. The van der Waals surface area contributed by atoms with Crippen molar-refractivity contribution in [3.63, 3.8) is 0 Å². The number of carbonyl (C=O) groups excluding carboxylic acids is 1. The van der Waals surface area contributed by atoms with Crippen LogP contribution in [0.2, 0.25) is 0 Å². The van der Waals surface area contributed by atoms with Crippen molar-refractivity contribution in [2.45, 2.75) is 18.9 Å². The number of carboxylic acid groups (broad SMARTS) is 1. The second-order valence-electron chi connectivity index (χ2n) is 4.87. The second-order valence-corrected chi connectivity index (χ2v) is 4.87. The molecule has 1 unspecified atom stereocenters.